The molecule has 1 aromatic carbocycles. The Morgan fingerprint density at radius 3 is 2.79 bits per heavy atom. The van der Waals surface area contributed by atoms with E-state index in [0.29, 0.717) is 11.3 Å². The van der Waals surface area contributed by atoms with Gasteiger partial charge in [-0.15, -0.1) is 0 Å². The van der Waals surface area contributed by atoms with Crippen molar-refractivity contribution < 1.29 is 9.59 Å². The molecule has 14 heavy (non-hydrogen) atoms. The van der Waals surface area contributed by atoms with E-state index in [-0.39, 0.29) is 11.6 Å². The largest absolute Gasteiger partial charge is 0.297 e. The summed E-state index contributed by atoms with van der Waals surface area (Å²) in [6.45, 7) is 1.34. The van der Waals surface area contributed by atoms with Gasteiger partial charge in [0.15, 0.2) is 17.6 Å². The number of azo groups is 1. The Hall–Kier alpha value is -1.84. The van der Waals surface area contributed by atoms with E-state index >= 15 is 0 Å². The van der Waals surface area contributed by atoms with E-state index in [1.165, 1.54) is 6.92 Å². The molecule has 4 heteroatoms. The molecule has 0 N–H and O–H groups in total. The van der Waals surface area contributed by atoms with Gasteiger partial charge in [-0.05, 0) is 19.1 Å². The number of nitrogens with zero attached hydrogens (tertiary/aromatic N) is 2. The first kappa shape index (κ1) is 8.74. The monoisotopic (exact) mass is 188 g/mol. The predicted molar refractivity (Wildman–Crippen MR) is 49.8 cm³/mol. The molecule has 2 rings (SSSR count). The van der Waals surface area contributed by atoms with Crippen molar-refractivity contribution in [2.24, 2.45) is 10.2 Å². The first-order valence-corrected chi connectivity index (χ1v) is 4.24. The van der Waals surface area contributed by atoms with Crippen molar-refractivity contribution in [3.05, 3.63) is 29.8 Å². The molecular formula is C10H8N2O2. The lowest BCUT2D eigenvalue weighted by Crippen LogP contribution is -2.27. The predicted octanol–water partition coefficient (Wildman–Crippen LogP) is 1.92. The van der Waals surface area contributed by atoms with Crippen LogP contribution in [0.3, 0.4) is 0 Å². The molecule has 1 atom stereocenters. The highest BCUT2D eigenvalue weighted by Crippen LogP contribution is 2.26. The van der Waals surface area contributed by atoms with Crippen molar-refractivity contribution in [3.63, 3.8) is 0 Å². The van der Waals surface area contributed by atoms with Gasteiger partial charge in [0.1, 0.15) is 0 Å². The molecule has 70 valence electrons. The molecular weight excluding hydrogens is 180 g/mol. The normalized spacial score (nSPS) is 19.2. The number of fused-ring (bicyclic) bond motifs is 1. The summed E-state index contributed by atoms with van der Waals surface area (Å²) in [7, 11) is 0. The minimum atomic E-state index is -0.940. The van der Waals surface area contributed by atoms with Gasteiger partial charge in [0.2, 0.25) is 0 Å². The number of benzene rings is 1. The number of hydrogen-bond acceptors (Lipinski definition) is 4. The minimum Gasteiger partial charge on any atom is -0.297 e. The summed E-state index contributed by atoms with van der Waals surface area (Å²) in [6.07, 6.45) is 0. The highest BCUT2D eigenvalue weighted by molar-refractivity contribution is 6.16. The van der Waals surface area contributed by atoms with Crippen LogP contribution in [0.1, 0.15) is 17.3 Å². The van der Waals surface area contributed by atoms with E-state index in [0.717, 1.165) is 0 Å². The third kappa shape index (κ3) is 1.25. The maximum Gasteiger partial charge on any atom is 0.199 e. The fourth-order valence-electron chi connectivity index (χ4n) is 1.35. The lowest BCUT2D eigenvalue weighted by atomic mass is 9.99. The molecule has 0 aliphatic carbocycles. The number of rotatable bonds is 1. The minimum absolute atomic E-state index is 0.261. The number of hydrogen-bond donors (Lipinski definition) is 0. The summed E-state index contributed by atoms with van der Waals surface area (Å²) in [5.41, 5.74) is 1.01. The molecule has 1 aliphatic heterocycles. The second-order valence-corrected chi connectivity index (χ2v) is 3.11. The molecule has 0 fully saturated rings. The van der Waals surface area contributed by atoms with Gasteiger partial charge in [-0.2, -0.15) is 10.2 Å². The summed E-state index contributed by atoms with van der Waals surface area (Å²) in [6, 6.07) is 5.94. The van der Waals surface area contributed by atoms with Gasteiger partial charge in [-0.1, -0.05) is 12.1 Å². The Balaban J connectivity index is 2.50. The van der Waals surface area contributed by atoms with Gasteiger partial charge in [-0.25, -0.2) is 0 Å². The van der Waals surface area contributed by atoms with Gasteiger partial charge in [0.05, 0.1) is 5.69 Å². The van der Waals surface area contributed by atoms with Crippen LogP contribution >= 0.6 is 0 Å². The van der Waals surface area contributed by atoms with Crippen molar-refractivity contribution >= 4 is 17.3 Å². The molecule has 1 aromatic rings. The molecule has 4 nitrogen and oxygen atoms in total. The third-order valence-electron chi connectivity index (χ3n) is 2.08. The topological polar surface area (TPSA) is 58.9 Å². The van der Waals surface area contributed by atoms with Crippen LogP contribution in [0.4, 0.5) is 5.69 Å². The van der Waals surface area contributed by atoms with E-state index in [2.05, 4.69) is 10.2 Å². The van der Waals surface area contributed by atoms with Gasteiger partial charge in [0.25, 0.3) is 0 Å². The molecule has 1 heterocycles. The summed E-state index contributed by atoms with van der Waals surface area (Å²) < 4.78 is 0. The lowest BCUT2D eigenvalue weighted by molar-refractivity contribution is -0.117. The Labute approximate surface area is 80.7 Å². The Kier molecular flexibility index (Phi) is 1.96. The summed E-state index contributed by atoms with van der Waals surface area (Å²) in [4.78, 5) is 22.7. The summed E-state index contributed by atoms with van der Waals surface area (Å²) >= 11 is 0. The smallest absolute Gasteiger partial charge is 0.199 e. The second kappa shape index (κ2) is 3.14. The zero-order valence-corrected chi connectivity index (χ0v) is 7.60. The average molecular weight is 188 g/mol. The van der Waals surface area contributed by atoms with Crippen molar-refractivity contribution in [1.29, 1.82) is 0 Å². The Morgan fingerprint density at radius 2 is 2.07 bits per heavy atom. The zero-order valence-electron chi connectivity index (χ0n) is 7.60. The fourth-order valence-corrected chi connectivity index (χ4v) is 1.35. The molecule has 0 saturated carbocycles. The van der Waals surface area contributed by atoms with Crippen LogP contribution in [0.25, 0.3) is 0 Å². The van der Waals surface area contributed by atoms with Crippen LogP contribution in [-0.4, -0.2) is 17.6 Å². The maximum atomic E-state index is 11.7. The van der Waals surface area contributed by atoms with Crippen LogP contribution in [0, 0.1) is 0 Å². The van der Waals surface area contributed by atoms with E-state index in [1.807, 2.05) is 0 Å². The molecule has 0 bridgehead atoms. The SMILES string of the molecule is CC(=O)C1N=Nc2ccccc2C1=O. The van der Waals surface area contributed by atoms with Crippen LogP contribution in [0.5, 0.6) is 0 Å². The third-order valence-corrected chi connectivity index (χ3v) is 2.08. The zero-order chi connectivity index (χ0) is 10.1. The fraction of sp³-hybridized carbons (Fsp3) is 0.200. The van der Waals surface area contributed by atoms with Crippen molar-refractivity contribution in [2.45, 2.75) is 13.0 Å². The molecule has 0 aromatic heterocycles. The van der Waals surface area contributed by atoms with Crippen LogP contribution in [-0.2, 0) is 4.79 Å². The average Bonchev–Trinajstić information content (AvgIpc) is 2.18. The van der Waals surface area contributed by atoms with Crippen LogP contribution < -0.4 is 0 Å². The van der Waals surface area contributed by atoms with Crippen molar-refractivity contribution in [3.8, 4) is 0 Å². The van der Waals surface area contributed by atoms with Gasteiger partial charge in [-0.3, -0.25) is 9.59 Å². The Bertz CT molecular complexity index is 438. The van der Waals surface area contributed by atoms with E-state index in [9.17, 15) is 9.59 Å². The van der Waals surface area contributed by atoms with Crippen LogP contribution in [0.15, 0.2) is 34.5 Å². The molecule has 0 radical (unpaired) electrons. The quantitative estimate of drug-likeness (QED) is 0.632. The summed E-state index contributed by atoms with van der Waals surface area (Å²) in [5.74, 6) is -0.531. The molecule has 0 saturated heterocycles. The first-order valence-electron chi connectivity index (χ1n) is 4.24. The molecule has 1 aliphatic rings. The standard InChI is InChI=1S/C10H8N2O2/c1-6(13)9-10(14)7-4-2-3-5-8(7)11-12-9/h2-5,9H,1H3. The van der Waals surface area contributed by atoms with Crippen molar-refractivity contribution in [1.82, 2.24) is 0 Å². The van der Waals surface area contributed by atoms with Gasteiger partial charge in [0, 0.05) is 5.56 Å². The van der Waals surface area contributed by atoms with E-state index in [1.54, 1.807) is 24.3 Å². The number of carbonyl (C=O) groups excluding carboxylic acids is 2. The first-order chi connectivity index (χ1) is 6.70. The maximum absolute atomic E-state index is 11.7. The highest BCUT2D eigenvalue weighted by atomic mass is 16.2. The number of Topliss-reactive ketones (excluding diaryl/α,β-unsaturated/α-hetero) is 2. The Morgan fingerprint density at radius 1 is 1.36 bits per heavy atom. The highest BCUT2D eigenvalue weighted by Gasteiger charge is 2.29. The second-order valence-electron chi connectivity index (χ2n) is 3.11. The van der Waals surface area contributed by atoms with Gasteiger partial charge >= 0.3 is 0 Å². The van der Waals surface area contributed by atoms with E-state index < -0.39 is 6.04 Å². The van der Waals surface area contributed by atoms with Crippen LogP contribution in [0.2, 0.25) is 0 Å². The molecule has 1 unspecified atom stereocenters. The number of ketones is 2. The lowest BCUT2D eigenvalue weighted by Gasteiger charge is -2.12. The van der Waals surface area contributed by atoms with E-state index in [4.69, 9.17) is 0 Å². The molecule has 0 amide bonds. The number of carbonyl (C=O) groups is 2. The molecule has 0 spiro atoms. The summed E-state index contributed by atoms with van der Waals surface area (Å²) in [5, 5.41) is 7.51. The van der Waals surface area contributed by atoms with Crippen molar-refractivity contribution in [2.75, 3.05) is 0 Å². The van der Waals surface area contributed by atoms with Gasteiger partial charge < -0.3 is 0 Å².